The minimum atomic E-state index is -0.656. The fourth-order valence-electron chi connectivity index (χ4n) is 6.61. The average Bonchev–Trinajstić information content (AvgIpc) is 3.63. The molecule has 0 bridgehead atoms. The van der Waals surface area contributed by atoms with Gasteiger partial charge in [-0.2, -0.15) is 0 Å². The summed E-state index contributed by atoms with van der Waals surface area (Å²) in [5.74, 6) is -0.260. The molecule has 2 aromatic rings. The Balaban J connectivity index is 1.51. The zero-order valence-corrected chi connectivity index (χ0v) is 28.4. The Morgan fingerprint density at radius 1 is 1.11 bits per heavy atom. The van der Waals surface area contributed by atoms with Crippen molar-refractivity contribution in [3.63, 3.8) is 0 Å². The quantitative estimate of drug-likeness (QED) is 0.354. The minimum Gasteiger partial charge on any atom is -0.349 e. The number of rotatable bonds is 8. The Bertz CT molecular complexity index is 1530. The number of quaternary nitrogens is 1. The molecule has 1 unspecified atom stereocenters. The van der Waals surface area contributed by atoms with Crippen LogP contribution in [0.4, 0.5) is 0 Å². The summed E-state index contributed by atoms with van der Waals surface area (Å²) in [6.45, 7) is 9.15. The van der Waals surface area contributed by atoms with Gasteiger partial charge in [0.1, 0.15) is 10.4 Å². The maximum atomic E-state index is 14.6. The van der Waals surface area contributed by atoms with Crippen LogP contribution in [0.15, 0.2) is 64.1 Å². The van der Waals surface area contributed by atoms with Gasteiger partial charge in [-0.3, -0.25) is 9.59 Å². The van der Waals surface area contributed by atoms with Crippen molar-refractivity contribution >= 4 is 57.9 Å². The lowest BCUT2D eigenvalue weighted by molar-refractivity contribution is -0.835. The Hall–Kier alpha value is -2.85. The smallest absolute Gasteiger partial charge is 0.349 e. The van der Waals surface area contributed by atoms with E-state index in [-0.39, 0.29) is 34.2 Å². The van der Waals surface area contributed by atoms with E-state index in [1.807, 2.05) is 55.6 Å². The number of amidine groups is 1. The van der Waals surface area contributed by atoms with Gasteiger partial charge >= 0.3 is 5.91 Å². The van der Waals surface area contributed by atoms with Crippen molar-refractivity contribution in [1.82, 2.24) is 15.1 Å². The van der Waals surface area contributed by atoms with Crippen molar-refractivity contribution in [2.75, 3.05) is 33.7 Å². The maximum Gasteiger partial charge on any atom is 0.354 e. The van der Waals surface area contributed by atoms with Crippen molar-refractivity contribution in [1.29, 1.82) is 0 Å². The first-order chi connectivity index (χ1) is 20.8. The Morgan fingerprint density at radius 2 is 1.73 bits per heavy atom. The molecule has 44 heavy (non-hydrogen) atoms. The molecule has 8 nitrogen and oxygen atoms in total. The van der Waals surface area contributed by atoms with Gasteiger partial charge in [-0.1, -0.05) is 61.3 Å². The van der Waals surface area contributed by atoms with E-state index in [1.165, 1.54) is 18.7 Å². The van der Waals surface area contributed by atoms with Gasteiger partial charge in [-0.25, -0.2) is 14.3 Å². The Morgan fingerprint density at radius 3 is 2.32 bits per heavy atom. The number of benzene rings is 2. The number of likely N-dealkylation sites (tertiary alicyclic amines) is 1. The summed E-state index contributed by atoms with van der Waals surface area (Å²) in [4.78, 5) is 49.4. The molecular formula is C33H40Cl2N5O3S+. The number of carbonyl (C=O) groups excluding carboxylic acids is 3. The van der Waals surface area contributed by atoms with E-state index in [2.05, 4.69) is 31.0 Å². The summed E-state index contributed by atoms with van der Waals surface area (Å²) in [7, 11) is 3.58. The average molecular weight is 658 g/mol. The van der Waals surface area contributed by atoms with Gasteiger partial charge in [0.15, 0.2) is 11.2 Å². The number of nitrogens with one attached hydrogen (secondary N) is 1. The number of aliphatic imine (C=N–C) groups is 1. The molecule has 3 amide bonds. The summed E-state index contributed by atoms with van der Waals surface area (Å²) < 4.78 is 0.00805. The van der Waals surface area contributed by atoms with E-state index < -0.39 is 11.6 Å². The number of thioether (sulfide) groups is 1. The third kappa shape index (κ3) is 5.80. The third-order valence-electron chi connectivity index (χ3n) is 9.20. The van der Waals surface area contributed by atoms with E-state index in [1.54, 1.807) is 11.9 Å². The molecule has 0 radical (unpaired) electrons. The first-order valence-corrected chi connectivity index (χ1v) is 16.6. The molecule has 1 N–H and O–H groups in total. The lowest BCUT2D eigenvalue weighted by Crippen LogP contribution is -2.59. The summed E-state index contributed by atoms with van der Waals surface area (Å²) in [6, 6.07) is 14.9. The van der Waals surface area contributed by atoms with Crippen LogP contribution in [0.25, 0.3) is 0 Å². The molecule has 234 valence electrons. The fraction of sp³-hybridized carbons (Fsp3) is 0.455. The van der Waals surface area contributed by atoms with Crippen molar-refractivity contribution in [3.05, 3.63) is 80.3 Å². The molecule has 0 spiro atoms. The lowest BCUT2D eigenvalue weighted by Gasteiger charge is -2.37. The van der Waals surface area contributed by atoms with Crippen LogP contribution in [-0.2, 0) is 19.9 Å². The van der Waals surface area contributed by atoms with Gasteiger partial charge in [-0.15, -0.1) is 0 Å². The molecule has 2 aromatic carbocycles. The van der Waals surface area contributed by atoms with E-state index in [0.717, 1.165) is 28.4 Å². The molecule has 4 atom stereocenters. The van der Waals surface area contributed by atoms with Gasteiger partial charge in [0.25, 0.3) is 5.91 Å². The first kappa shape index (κ1) is 32.5. The third-order valence-corrected chi connectivity index (χ3v) is 10.8. The van der Waals surface area contributed by atoms with Gasteiger partial charge < -0.3 is 15.1 Å². The normalized spacial score (nSPS) is 26.2. The first-order valence-electron chi connectivity index (χ1n) is 15.0. The van der Waals surface area contributed by atoms with E-state index in [0.29, 0.717) is 41.0 Å². The number of carbonyl (C=O) groups is 3. The van der Waals surface area contributed by atoms with Crippen LogP contribution in [-0.4, -0.2) is 76.9 Å². The highest BCUT2D eigenvalue weighted by atomic mass is 35.5. The molecule has 1 fully saturated rings. The van der Waals surface area contributed by atoms with E-state index in [9.17, 15) is 14.4 Å². The summed E-state index contributed by atoms with van der Waals surface area (Å²) in [5.41, 5.74) is 2.32. The Labute approximate surface area is 274 Å². The second-order valence-electron chi connectivity index (χ2n) is 12.5. The molecule has 3 heterocycles. The van der Waals surface area contributed by atoms with Gasteiger partial charge in [0, 0.05) is 55.6 Å². The van der Waals surface area contributed by atoms with Crippen LogP contribution in [0, 0.1) is 5.92 Å². The van der Waals surface area contributed by atoms with Crippen molar-refractivity contribution < 1.29 is 18.9 Å². The molecule has 0 aromatic heterocycles. The number of allylic oxidation sites excluding steroid dienone is 1. The van der Waals surface area contributed by atoms with Gasteiger partial charge in [0.2, 0.25) is 5.91 Å². The molecular weight excluding hydrogens is 617 g/mol. The summed E-state index contributed by atoms with van der Waals surface area (Å²) >= 11 is 14.0. The predicted molar refractivity (Wildman–Crippen MR) is 177 cm³/mol. The highest BCUT2D eigenvalue weighted by Gasteiger charge is 2.57. The van der Waals surface area contributed by atoms with Crippen molar-refractivity contribution in [3.8, 4) is 0 Å². The highest BCUT2D eigenvalue weighted by molar-refractivity contribution is 8.18. The molecule has 3 aliphatic rings. The fourth-order valence-corrected chi connectivity index (χ4v) is 8.31. The predicted octanol–water partition coefficient (Wildman–Crippen LogP) is 5.97. The van der Waals surface area contributed by atoms with Crippen LogP contribution < -0.4 is 5.32 Å². The summed E-state index contributed by atoms with van der Waals surface area (Å²) in [5, 5.41) is 5.05. The molecule has 1 saturated heterocycles. The van der Waals surface area contributed by atoms with Crippen LogP contribution in [0.2, 0.25) is 10.0 Å². The van der Waals surface area contributed by atoms with E-state index in [4.69, 9.17) is 28.2 Å². The largest absolute Gasteiger partial charge is 0.354 e. The van der Waals surface area contributed by atoms with Crippen molar-refractivity contribution in [2.24, 2.45) is 10.9 Å². The highest BCUT2D eigenvalue weighted by Crippen LogP contribution is 2.56. The SMILES string of the molecule is CC(=O)N(C)CCNC(=O)[C@@H]1CCC[N+]1(C)C(=O)C1=C(C(C)C)N2C(=N[C@@](C)(c3ccc(Cl)cc3)[C@H]2c2ccc(Cl)cc2)S1. The number of likely N-dealkylation sites (N-methyl/N-ethyl adjacent to an activating group) is 2. The van der Waals surface area contributed by atoms with E-state index >= 15 is 0 Å². The van der Waals surface area contributed by atoms with Crippen LogP contribution in [0.3, 0.4) is 0 Å². The second kappa shape index (κ2) is 12.5. The molecule has 3 aliphatic heterocycles. The number of amides is 3. The Kier molecular flexibility index (Phi) is 9.25. The summed E-state index contributed by atoms with van der Waals surface area (Å²) in [6.07, 6.45) is 1.40. The lowest BCUT2D eigenvalue weighted by atomic mass is 9.81. The zero-order valence-electron chi connectivity index (χ0n) is 26.1. The topological polar surface area (TPSA) is 82.1 Å². The molecule has 0 saturated carbocycles. The van der Waals surface area contributed by atoms with Crippen LogP contribution in [0.5, 0.6) is 0 Å². The number of hydrogen-bond acceptors (Lipinski definition) is 6. The minimum absolute atomic E-state index is 0.00805. The van der Waals surface area contributed by atoms with Gasteiger partial charge in [0.05, 0.1) is 19.6 Å². The molecule has 5 rings (SSSR count). The zero-order chi connectivity index (χ0) is 32.0. The van der Waals surface area contributed by atoms with Crippen molar-refractivity contribution in [2.45, 2.75) is 58.2 Å². The molecule has 11 heteroatoms. The standard InChI is InChI=1S/C33H39Cl2N5O3S/c1-20(2)27-28(31(43)40(6)19-7-8-26(40)30(42)36-17-18-38(5)21(3)41)44-32-37-33(4,23-11-15-25(35)16-12-23)29(39(27)32)22-9-13-24(34)14-10-22/h9-16,20,26,29H,7-8,17-19H2,1-6H3/p+1/t26-,29+,33-,40?/m0/s1. The maximum absolute atomic E-state index is 14.6. The van der Waals surface area contributed by atoms with Crippen LogP contribution >= 0.6 is 35.0 Å². The molecule has 0 aliphatic carbocycles. The number of fused-ring (bicyclic) bond motifs is 1. The number of nitrogens with zero attached hydrogens (tertiary/aromatic N) is 4. The number of halogens is 2. The monoisotopic (exact) mass is 656 g/mol. The second-order valence-corrected chi connectivity index (χ2v) is 14.4. The van der Waals surface area contributed by atoms with Gasteiger partial charge in [-0.05, 0) is 60.0 Å². The number of hydrogen-bond donors (Lipinski definition) is 1. The van der Waals surface area contributed by atoms with Crippen LogP contribution in [0.1, 0.15) is 57.7 Å².